The summed E-state index contributed by atoms with van der Waals surface area (Å²) in [6.07, 6.45) is 4.36. The monoisotopic (exact) mass is 239 g/mol. The van der Waals surface area contributed by atoms with Gasteiger partial charge in [-0.15, -0.1) is 11.3 Å². The van der Waals surface area contributed by atoms with Crippen LogP contribution in [-0.4, -0.2) is 36.1 Å². The zero-order valence-corrected chi connectivity index (χ0v) is 11.2. The van der Waals surface area contributed by atoms with E-state index in [1.807, 2.05) is 17.5 Å². The summed E-state index contributed by atoms with van der Waals surface area (Å²) in [5, 5.41) is 4.90. The minimum absolute atomic E-state index is 0.391. The standard InChI is InChI=1S/C12H21N3S/c1-4-11-7-13-12(16-11)9(2)14-10-5-6-15(3)8-10/h7,9-10,14H,4-6,8H2,1-3H3. The van der Waals surface area contributed by atoms with Crippen molar-refractivity contribution in [3.05, 3.63) is 16.1 Å². The van der Waals surface area contributed by atoms with Crippen molar-refractivity contribution in [1.82, 2.24) is 15.2 Å². The number of aromatic nitrogens is 1. The van der Waals surface area contributed by atoms with Crippen molar-refractivity contribution in [2.24, 2.45) is 0 Å². The molecule has 0 spiro atoms. The van der Waals surface area contributed by atoms with E-state index in [-0.39, 0.29) is 0 Å². The van der Waals surface area contributed by atoms with Gasteiger partial charge in [0.05, 0.1) is 6.04 Å². The number of nitrogens with zero attached hydrogens (tertiary/aromatic N) is 2. The van der Waals surface area contributed by atoms with Gasteiger partial charge in [0.2, 0.25) is 0 Å². The summed E-state index contributed by atoms with van der Waals surface area (Å²) < 4.78 is 0. The molecule has 0 aliphatic carbocycles. The minimum Gasteiger partial charge on any atom is -0.305 e. The first-order chi connectivity index (χ1) is 7.69. The Labute approximate surface area is 102 Å². The molecule has 2 rings (SSSR count). The van der Waals surface area contributed by atoms with Crippen molar-refractivity contribution in [2.75, 3.05) is 20.1 Å². The minimum atomic E-state index is 0.391. The summed E-state index contributed by atoms with van der Waals surface area (Å²) in [4.78, 5) is 8.25. The second-order valence-electron chi connectivity index (χ2n) is 4.65. The molecule has 1 fully saturated rings. The first kappa shape index (κ1) is 12.0. The van der Waals surface area contributed by atoms with Gasteiger partial charge < -0.3 is 10.2 Å². The fourth-order valence-electron chi connectivity index (χ4n) is 2.18. The number of likely N-dealkylation sites (N-methyl/N-ethyl adjacent to an activating group) is 1. The van der Waals surface area contributed by atoms with Crippen LogP contribution in [0.25, 0.3) is 0 Å². The lowest BCUT2D eigenvalue weighted by molar-refractivity contribution is 0.387. The maximum Gasteiger partial charge on any atom is 0.109 e. The van der Waals surface area contributed by atoms with Crippen LogP contribution in [0.3, 0.4) is 0 Å². The Morgan fingerprint density at radius 3 is 3.06 bits per heavy atom. The number of thiazole rings is 1. The molecule has 0 radical (unpaired) electrons. The molecule has 0 bridgehead atoms. The first-order valence-electron chi connectivity index (χ1n) is 6.08. The molecule has 0 amide bonds. The van der Waals surface area contributed by atoms with Crippen LogP contribution in [-0.2, 0) is 6.42 Å². The van der Waals surface area contributed by atoms with E-state index in [1.165, 1.54) is 22.9 Å². The first-order valence-corrected chi connectivity index (χ1v) is 6.90. The number of nitrogens with one attached hydrogen (secondary N) is 1. The molecule has 1 aromatic rings. The van der Waals surface area contributed by atoms with Crippen molar-refractivity contribution < 1.29 is 0 Å². The summed E-state index contributed by atoms with van der Waals surface area (Å²) in [6.45, 7) is 6.77. The van der Waals surface area contributed by atoms with Crippen molar-refractivity contribution >= 4 is 11.3 Å². The van der Waals surface area contributed by atoms with Gasteiger partial charge in [-0.1, -0.05) is 6.92 Å². The molecule has 2 unspecified atom stereocenters. The number of hydrogen-bond acceptors (Lipinski definition) is 4. The molecular formula is C12H21N3S. The van der Waals surface area contributed by atoms with Gasteiger partial charge in [0.25, 0.3) is 0 Å². The fourth-order valence-corrected chi connectivity index (χ4v) is 3.05. The molecule has 0 saturated carbocycles. The van der Waals surface area contributed by atoms with E-state index in [9.17, 15) is 0 Å². The average molecular weight is 239 g/mol. The smallest absolute Gasteiger partial charge is 0.109 e. The molecule has 16 heavy (non-hydrogen) atoms. The third-order valence-electron chi connectivity index (χ3n) is 3.17. The fraction of sp³-hybridized carbons (Fsp3) is 0.750. The number of hydrogen-bond donors (Lipinski definition) is 1. The molecule has 1 aliphatic rings. The van der Waals surface area contributed by atoms with Gasteiger partial charge in [0, 0.05) is 23.7 Å². The summed E-state index contributed by atoms with van der Waals surface area (Å²) in [7, 11) is 2.19. The topological polar surface area (TPSA) is 28.2 Å². The zero-order valence-electron chi connectivity index (χ0n) is 10.4. The Morgan fingerprint density at radius 1 is 1.69 bits per heavy atom. The Hall–Kier alpha value is -0.450. The predicted molar refractivity (Wildman–Crippen MR) is 68.9 cm³/mol. The Balaban J connectivity index is 1.89. The summed E-state index contributed by atoms with van der Waals surface area (Å²) >= 11 is 1.84. The molecule has 2 heterocycles. The second-order valence-corrected chi connectivity index (χ2v) is 5.80. The number of likely N-dealkylation sites (tertiary alicyclic amines) is 1. The Bertz CT molecular complexity index is 337. The lowest BCUT2D eigenvalue weighted by atomic mass is 10.2. The lowest BCUT2D eigenvalue weighted by Crippen LogP contribution is -2.33. The zero-order chi connectivity index (χ0) is 11.5. The molecule has 1 saturated heterocycles. The normalized spacial score (nSPS) is 23.8. The highest BCUT2D eigenvalue weighted by atomic mass is 32.1. The van der Waals surface area contributed by atoms with Crippen molar-refractivity contribution in [1.29, 1.82) is 0 Å². The van der Waals surface area contributed by atoms with Crippen LogP contribution < -0.4 is 5.32 Å². The SMILES string of the molecule is CCc1cnc(C(C)NC2CCN(C)C2)s1. The maximum absolute atomic E-state index is 4.49. The summed E-state index contributed by atoms with van der Waals surface area (Å²) in [6, 6.07) is 1.02. The van der Waals surface area contributed by atoms with Crippen LogP contribution in [0.4, 0.5) is 0 Å². The van der Waals surface area contributed by atoms with Crippen LogP contribution in [0, 0.1) is 0 Å². The Morgan fingerprint density at radius 2 is 2.50 bits per heavy atom. The van der Waals surface area contributed by atoms with Gasteiger partial charge in [0.1, 0.15) is 5.01 Å². The quantitative estimate of drug-likeness (QED) is 0.872. The summed E-state index contributed by atoms with van der Waals surface area (Å²) in [5.74, 6) is 0. The highest BCUT2D eigenvalue weighted by molar-refractivity contribution is 7.11. The molecule has 1 aromatic heterocycles. The summed E-state index contributed by atoms with van der Waals surface area (Å²) in [5.41, 5.74) is 0. The van der Waals surface area contributed by atoms with Crippen molar-refractivity contribution in [2.45, 2.75) is 38.8 Å². The molecule has 90 valence electrons. The maximum atomic E-state index is 4.49. The largest absolute Gasteiger partial charge is 0.305 e. The van der Waals surface area contributed by atoms with Crippen LogP contribution in [0.5, 0.6) is 0 Å². The van der Waals surface area contributed by atoms with E-state index in [1.54, 1.807) is 0 Å². The number of aryl methyl sites for hydroxylation is 1. The van der Waals surface area contributed by atoms with E-state index in [0.29, 0.717) is 12.1 Å². The van der Waals surface area contributed by atoms with E-state index in [2.05, 4.69) is 36.1 Å². The van der Waals surface area contributed by atoms with Gasteiger partial charge in [-0.3, -0.25) is 0 Å². The van der Waals surface area contributed by atoms with E-state index in [4.69, 9.17) is 0 Å². The predicted octanol–water partition coefficient (Wildman–Crippen LogP) is 2.06. The molecular weight excluding hydrogens is 218 g/mol. The molecule has 1 N–H and O–H groups in total. The van der Waals surface area contributed by atoms with Gasteiger partial charge in [-0.05, 0) is 33.4 Å². The van der Waals surface area contributed by atoms with Crippen molar-refractivity contribution in [3.8, 4) is 0 Å². The van der Waals surface area contributed by atoms with E-state index < -0.39 is 0 Å². The molecule has 0 aromatic carbocycles. The Kier molecular flexibility index (Phi) is 3.95. The van der Waals surface area contributed by atoms with Crippen LogP contribution in [0.15, 0.2) is 6.20 Å². The van der Waals surface area contributed by atoms with Gasteiger partial charge in [-0.25, -0.2) is 4.98 Å². The lowest BCUT2D eigenvalue weighted by Gasteiger charge is -2.17. The van der Waals surface area contributed by atoms with Crippen molar-refractivity contribution in [3.63, 3.8) is 0 Å². The third kappa shape index (κ3) is 2.81. The molecule has 4 heteroatoms. The van der Waals surface area contributed by atoms with Crippen LogP contribution in [0.2, 0.25) is 0 Å². The highest BCUT2D eigenvalue weighted by Crippen LogP contribution is 2.21. The average Bonchev–Trinajstić information content (AvgIpc) is 2.87. The van der Waals surface area contributed by atoms with Gasteiger partial charge in [-0.2, -0.15) is 0 Å². The van der Waals surface area contributed by atoms with Crippen LogP contribution in [0.1, 0.15) is 36.2 Å². The van der Waals surface area contributed by atoms with E-state index >= 15 is 0 Å². The molecule has 2 atom stereocenters. The van der Waals surface area contributed by atoms with Gasteiger partial charge in [0.15, 0.2) is 0 Å². The highest BCUT2D eigenvalue weighted by Gasteiger charge is 2.22. The van der Waals surface area contributed by atoms with Crippen LogP contribution >= 0.6 is 11.3 Å². The van der Waals surface area contributed by atoms with E-state index in [0.717, 1.165) is 13.0 Å². The third-order valence-corrected chi connectivity index (χ3v) is 4.49. The molecule has 1 aliphatic heterocycles. The molecule has 3 nitrogen and oxygen atoms in total. The second kappa shape index (κ2) is 5.25. The number of rotatable bonds is 4. The van der Waals surface area contributed by atoms with Gasteiger partial charge >= 0.3 is 0 Å².